The maximum atomic E-state index is 12.7. The van der Waals surface area contributed by atoms with Crippen LogP contribution in [0.15, 0.2) is 59.0 Å². The van der Waals surface area contributed by atoms with Crippen LogP contribution in [-0.4, -0.2) is 30.0 Å². The van der Waals surface area contributed by atoms with E-state index in [0.29, 0.717) is 45.3 Å². The quantitative estimate of drug-likeness (QED) is 0.337. The Morgan fingerprint density at radius 1 is 1.06 bits per heavy atom. The zero-order valence-corrected chi connectivity index (χ0v) is 17.5. The summed E-state index contributed by atoms with van der Waals surface area (Å²) in [6.45, 7) is 1.54. The summed E-state index contributed by atoms with van der Waals surface area (Å²) in [6, 6.07) is 14.8. The summed E-state index contributed by atoms with van der Waals surface area (Å²) < 4.78 is 16.4. The molecule has 9 heteroatoms. The molecule has 0 fully saturated rings. The number of anilines is 1. The van der Waals surface area contributed by atoms with Gasteiger partial charge in [0.25, 0.3) is 11.6 Å². The van der Waals surface area contributed by atoms with Crippen LogP contribution in [0.5, 0.6) is 11.5 Å². The number of benzene rings is 3. The second-order valence-corrected chi connectivity index (χ2v) is 6.93. The number of amides is 1. The largest absolute Gasteiger partial charge is 0.493 e. The van der Waals surface area contributed by atoms with Crippen LogP contribution in [-0.2, 0) is 0 Å². The minimum absolute atomic E-state index is 0.107. The van der Waals surface area contributed by atoms with Gasteiger partial charge in [0.15, 0.2) is 17.1 Å². The first-order valence-electron chi connectivity index (χ1n) is 9.59. The van der Waals surface area contributed by atoms with E-state index in [-0.39, 0.29) is 11.3 Å². The molecule has 1 heterocycles. The number of nitro groups is 1. The summed E-state index contributed by atoms with van der Waals surface area (Å²) in [5.74, 6) is 1.08. The number of hydrogen-bond acceptors (Lipinski definition) is 7. The third-order valence-corrected chi connectivity index (χ3v) is 5.02. The van der Waals surface area contributed by atoms with Crippen LogP contribution in [0.2, 0.25) is 0 Å². The van der Waals surface area contributed by atoms with Crippen molar-refractivity contribution >= 4 is 28.4 Å². The smallest absolute Gasteiger partial charge is 0.273 e. The number of oxazole rings is 1. The fourth-order valence-corrected chi connectivity index (χ4v) is 3.36. The molecule has 32 heavy (non-hydrogen) atoms. The molecule has 0 unspecified atom stereocenters. The fraction of sp³-hybridized carbons (Fsp3) is 0.130. The van der Waals surface area contributed by atoms with Crippen LogP contribution < -0.4 is 14.8 Å². The molecule has 0 saturated heterocycles. The third-order valence-electron chi connectivity index (χ3n) is 5.02. The standard InChI is InChI=1S/C23H19N3O6/c1-13-16(5-4-6-18(13)26(28)29)22(27)24-15-8-10-19-17(12-15)25-23(32-19)14-7-9-20(30-2)21(11-14)31-3/h4-12H,1-3H3,(H,24,27). The molecule has 3 aromatic carbocycles. The normalized spacial score (nSPS) is 10.7. The lowest BCUT2D eigenvalue weighted by atomic mass is 10.1. The average molecular weight is 433 g/mol. The molecule has 0 spiro atoms. The summed E-state index contributed by atoms with van der Waals surface area (Å²) in [6.07, 6.45) is 0. The van der Waals surface area contributed by atoms with Crippen molar-refractivity contribution in [2.45, 2.75) is 6.92 Å². The van der Waals surface area contributed by atoms with Gasteiger partial charge >= 0.3 is 0 Å². The number of ether oxygens (including phenoxy) is 2. The van der Waals surface area contributed by atoms with Gasteiger partial charge in [-0.25, -0.2) is 4.98 Å². The number of hydrogen-bond donors (Lipinski definition) is 1. The van der Waals surface area contributed by atoms with Crippen molar-refractivity contribution in [1.82, 2.24) is 4.98 Å². The van der Waals surface area contributed by atoms with Crippen molar-refractivity contribution in [3.8, 4) is 23.0 Å². The van der Waals surface area contributed by atoms with Crippen LogP contribution in [0.3, 0.4) is 0 Å². The van der Waals surface area contributed by atoms with E-state index in [1.54, 1.807) is 63.6 Å². The number of nitro benzene ring substituents is 1. The molecule has 4 aromatic rings. The van der Waals surface area contributed by atoms with Gasteiger partial charge in [-0.3, -0.25) is 14.9 Å². The van der Waals surface area contributed by atoms with Gasteiger partial charge in [-0.15, -0.1) is 0 Å². The molecule has 1 N–H and O–H groups in total. The van der Waals surface area contributed by atoms with E-state index in [1.807, 2.05) is 0 Å². The minimum atomic E-state index is -0.511. The summed E-state index contributed by atoms with van der Waals surface area (Å²) in [7, 11) is 3.10. The van der Waals surface area contributed by atoms with E-state index in [0.717, 1.165) is 0 Å². The Morgan fingerprint density at radius 3 is 2.56 bits per heavy atom. The number of rotatable bonds is 6. The molecule has 0 aliphatic rings. The Morgan fingerprint density at radius 2 is 1.84 bits per heavy atom. The van der Waals surface area contributed by atoms with E-state index >= 15 is 0 Å². The Kier molecular flexibility index (Phi) is 5.46. The van der Waals surface area contributed by atoms with Gasteiger partial charge in [0, 0.05) is 28.4 Å². The highest BCUT2D eigenvalue weighted by Crippen LogP contribution is 2.33. The van der Waals surface area contributed by atoms with Gasteiger partial charge in [0.2, 0.25) is 5.89 Å². The minimum Gasteiger partial charge on any atom is -0.493 e. The van der Waals surface area contributed by atoms with E-state index in [1.165, 1.54) is 12.1 Å². The van der Waals surface area contributed by atoms with Gasteiger partial charge in [-0.1, -0.05) is 6.07 Å². The van der Waals surface area contributed by atoms with E-state index in [9.17, 15) is 14.9 Å². The highest BCUT2D eigenvalue weighted by Gasteiger charge is 2.18. The van der Waals surface area contributed by atoms with Crippen molar-refractivity contribution in [2.75, 3.05) is 19.5 Å². The number of carbonyl (C=O) groups excluding carboxylic acids is 1. The van der Waals surface area contributed by atoms with Crippen LogP contribution in [0, 0.1) is 17.0 Å². The number of fused-ring (bicyclic) bond motifs is 1. The van der Waals surface area contributed by atoms with Gasteiger partial charge in [-0.2, -0.15) is 0 Å². The molecular formula is C23H19N3O6. The molecular weight excluding hydrogens is 414 g/mol. The van der Waals surface area contributed by atoms with Crippen molar-refractivity contribution < 1.29 is 23.6 Å². The molecule has 0 atom stereocenters. The highest BCUT2D eigenvalue weighted by molar-refractivity contribution is 6.06. The molecule has 0 aliphatic carbocycles. The topological polar surface area (TPSA) is 117 Å². The lowest BCUT2D eigenvalue weighted by Crippen LogP contribution is -2.14. The molecule has 4 rings (SSSR count). The summed E-state index contributed by atoms with van der Waals surface area (Å²) >= 11 is 0. The fourth-order valence-electron chi connectivity index (χ4n) is 3.36. The Labute approximate surface area is 182 Å². The molecule has 9 nitrogen and oxygen atoms in total. The number of aromatic nitrogens is 1. The van der Waals surface area contributed by atoms with Gasteiger partial charge in [-0.05, 0) is 49.4 Å². The molecule has 0 radical (unpaired) electrons. The van der Waals surface area contributed by atoms with Crippen molar-refractivity contribution in [3.05, 3.63) is 75.8 Å². The Hall–Kier alpha value is -4.40. The van der Waals surface area contributed by atoms with Gasteiger partial charge in [0.1, 0.15) is 5.52 Å². The lowest BCUT2D eigenvalue weighted by molar-refractivity contribution is -0.385. The van der Waals surface area contributed by atoms with Crippen LogP contribution in [0.4, 0.5) is 11.4 Å². The summed E-state index contributed by atoms with van der Waals surface area (Å²) in [5.41, 5.74) is 2.70. The number of carbonyl (C=O) groups is 1. The zero-order chi connectivity index (χ0) is 22.8. The molecule has 0 saturated carbocycles. The van der Waals surface area contributed by atoms with E-state index in [2.05, 4.69) is 10.3 Å². The summed E-state index contributed by atoms with van der Waals surface area (Å²) in [4.78, 5) is 27.8. The molecule has 1 aromatic heterocycles. The second-order valence-electron chi connectivity index (χ2n) is 6.93. The van der Waals surface area contributed by atoms with E-state index < -0.39 is 10.8 Å². The molecule has 0 aliphatic heterocycles. The first kappa shape index (κ1) is 20.9. The average Bonchev–Trinajstić information content (AvgIpc) is 3.21. The first-order chi connectivity index (χ1) is 15.4. The number of methoxy groups -OCH3 is 2. The maximum absolute atomic E-state index is 12.7. The summed E-state index contributed by atoms with van der Waals surface area (Å²) in [5, 5.41) is 13.9. The molecule has 0 bridgehead atoms. The Balaban J connectivity index is 1.62. The van der Waals surface area contributed by atoms with Crippen molar-refractivity contribution in [2.24, 2.45) is 0 Å². The monoisotopic (exact) mass is 433 g/mol. The maximum Gasteiger partial charge on any atom is 0.273 e. The second kappa shape index (κ2) is 8.38. The predicted octanol–water partition coefficient (Wildman–Crippen LogP) is 4.98. The third kappa shape index (κ3) is 3.83. The molecule has 162 valence electrons. The van der Waals surface area contributed by atoms with Gasteiger partial charge in [0.05, 0.1) is 19.1 Å². The van der Waals surface area contributed by atoms with E-state index in [4.69, 9.17) is 13.9 Å². The molecule has 1 amide bonds. The number of nitrogens with one attached hydrogen (secondary N) is 1. The van der Waals surface area contributed by atoms with Crippen LogP contribution in [0.25, 0.3) is 22.6 Å². The zero-order valence-electron chi connectivity index (χ0n) is 17.5. The van der Waals surface area contributed by atoms with Crippen molar-refractivity contribution in [3.63, 3.8) is 0 Å². The lowest BCUT2D eigenvalue weighted by Gasteiger charge is -2.07. The van der Waals surface area contributed by atoms with Crippen LogP contribution in [0.1, 0.15) is 15.9 Å². The number of nitrogens with zero attached hydrogens (tertiary/aromatic N) is 2. The van der Waals surface area contributed by atoms with Gasteiger partial charge < -0.3 is 19.2 Å². The predicted molar refractivity (Wildman–Crippen MR) is 118 cm³/mol. The van der Waals surface area contributed by atoms with Crippen molar-refractivity contribution in [1.29, 1.82) is 0 Å². The van der Waals surface area contributed by atoms with Crippen LogP contribution >= 0.6 is 0 Å². The SMILES string of the molecule is COc1ccc(-c2nc3cc(NC(=O)c4cccc([N+](=O)[O-])c4C)ccc3o2)cc1OC. The first-order valence-corrected chi connectivity index (χ1v) is 9.59. The Bertz CT molecular complexity index is 1350. The highest BCUT2D eigenvalue weighted by atomic mass is 16.6.